The van der Waals surface area contributed by atoms with Crippen molar-refractivity contribution in [1.82, 2.24) is 0 Å². The van der Waals surface area contributed by atoms with E-state index in [2.05, 4.69) is 68.8 Å². The highest BCUT2D eigenvalue weighted by Gasteiger charge is 2.59. The van der Waals surface area contributed by atoms with Gasteiger partial charge in [-0.1, -0.05) is 70.2 Å². The van der Waals surface area contributed by atoms with Gasteiger partial charge in [-0.15, -0.1) is 0 Å². The summed E-state index contributed by atoms with van der Waals surface area (Å²) in [6.45, 7) is 9.48. The minimum atomic E-state index is -0.942. The largest absolute Gasteiger partial charge is 0.465 e. The normalized spacial score (nSPS) is 32.3. The zero-order valence-electron chi connectivity index (χ0n) is 19.9. The molecule has 0 saturated heterocycles. The Balaban J connectivity index is 0.00000124. The average Bonchev–Trinajstić information content (AvgIpc) is 2.79. The topological polar surface area (TPSA) is 26.3 Å². The minimum absolute atomic E-state index is 0.00136. The molecule has 5 atom stereocenters. The molecule has 0 heterocycles. The molecule has 2 nitrogen and oxygen atoms in total. The predicted octanol–water partition coefficient (Wildman–Crippen LogP) is 7.09. The minimum Gasteiger partial charge on any atom is -0.465 e. The van der Waals surface area contributed by atoms with Gasteiger partial charge in [-0.3, -0.25) is 4.79 Å². The fraction of sp³-hybridized carbons (Fsp3) is 0.667. The molecule has 0 amide bonds. The van der Waals surface area contributed by atoms with Gasteiger partial charge in [-0.05, 0) is 72.0 Å². The van der Waals surface area contributed by atoms with E-state index < -0.39 is 10.0 Å². The number of ether oxygens (including phenoxy) is 1. The van der Waals surface area contributed by atoms with Gasteiger partial charge in [0.15, 0.2) is 0 Å². The molecule has 0 radical (unpaired) electrons. The smallest absolute Gasteiger partial charge is 0.312 e. The molecule has 30 heavy (non-hydrogen) atoms. The van der Waals surface area contributed by atoms with Gasteiger partial charge < -0.3 is 4.74 Å². The zero-order valence-corrected chi connectivity index (χ0v) is 20.7. The number of fused-ring (bicyclic) bond motifs is 2. The second-order valence-corrected chi connectivity index (χ2v) is 14.0. The summed E-state index contributed by atoms with van der Waals surface area (Å²) >= 11 is 0. The summed E-state index contributed by atoms with van der Waals surface area (Å²) < 4.78 is 5.99. The molecule has 3 saturated carbocycles. The van der Waals surface area contributed by atoms with Gasteiger partial charge in [-0.2, -0.15) is 0 Å². The number of hydrogen-bond acceptors (Lipinski definition) is 2. The molecule has 3 heteroatoms. The summed E-state index contributed by atoms with van der Waals surface area (Å²) in [4.78, 5) is 14.2. The fourth-order valence-electron chi connectivity index (χ4n) is 6.04. The second-order valence-electron chi connectivity index (χ2n) is 10.1. The molecule has 0 spiro atoms. The van der Waals surface area contributed by atoms with E-state index in [4.69, 9.17) is 4.74 Å². The lowest BCUT2D eigenvalue weighted by molar-refractivity contribution is -0.158. The van der Waals surface area contributed by atoms with Crippen LogP contribution in [0.25, 0.3) is 0 Å². The summed E-state index contributed by atoms with van der Waals surface area (Å²) in [5, 5.41) is 0.640. The van der Waals surface area contributed by atoms with Crippen LogP contribution in [0.5, 0.6) is 0 Å². The van der Waals surface area contributed by atoms with Crippen molar-refractivity contribution in [2.45, 2.75) is 69.9 Å². The molecule has 1 aromatic rings. The van der Waals surface area contributed by atoms with Gasteiger partial charge in [0.1, 0.15) is 0 Å². The third kappa shape index (κ3) is 4.38. The molecule has 0 aliphatic heterocycles. The van der Waals surface area contributed by atoms with E-state index in [1.807, 2.05) is 13.8 Å². The highest BCUT2D eigenvalue weighted by Crippen LogP contribution is 2.69. The van der Waals surface area contributed by atoms with Crippen LogP contribution < -0.4 is 0 Å². The summed E-state index contributed by atoms with van der Waals surface area (Å²) in [5.41, 5.74) is 0.393. The lowest BCUT2D eigenvalue weighted by Gasteiger charge is -2.65. The second kappa shape index (κ2) is 9.51. The summed E-state index contributed by atoms with van der Waals surface area (Å²) in [6, 6.07) is 11.1. The first kappa shape index (κ1) is 23.4. The van der Waals surface area contributed by atoms with Crippen LogP contribution in [0.3, 0.4) is 0 Å². The van der Waals surface area contributed by atoms with Crippen molar-refractivity contribution in [3.8, 4) is 0 Å². The monoisotopic (exact) mass is 430 g/mol. The van der Waals surface area contributed by atoms with E-state index in [0.717, 1.165) is 25.2 Å². The van der Waals surface area contributed by atoms with Crippen LogP contribution in [0, 0.1) is 29.1 Å². The SMILES string of the molecule is CC.CC1(C)C2CC1[C@H](COC(=O)C1C=CCCC1)C(S(C)(C)c1ccccc1)C2. The highest BCUT2D eigenvalue weighted by atomic mass is 32.3. The lowest BCUT2D eigenvalue weighted by Crippen LogP contribution is -2.59. The Morgan fingerprint density at radius 3 is 2.43 bits per heavy atom. The standard InChI is InChI=1S/C25H36O2S.C2H6/c1-25(2)19-15-22(25)21(17-27-24(26)18-11-7-5-8-12-18)23(16-19)28(3,4)20-13-9-6-10-14-20;1-2/h6-7,9-11,13-14,18-19,21-23H,5,8,12,15-17H2,1-4H3;1-2H3/t18?,19?,21-,22?,23?;/m0./s1. The number of allylic oxidation sites excluding steroid dienone is 1. The first-order chi connectivity index (χ1) is 14.3. The molecular formula is C27H42O2S. The number of benzene rings is 1. The Kier molecular flexibility index (Phi) is 7.43. The average molecular weight is 431 g/mol. The summed E-state index contributed by atoms with van der Waals surface area (Å²) in [5.74, 6) is 1.98. The number of esters is 1. The molecule has 4 aliphatic carbocycles. The molecule has 4 aliphatic rings. The van der Waals surface area contributed by atoms with Gasteiger partial charge in [0.05, 0.1) is 12.5 Å². The van der Waals surface area contributed by atoms with Crippen LogP contribution in [0.2, 0.25) is 0 Å². The Labute approximate surface area is 186 Å². The molecule has 168 valence electrons. The first-order valence-electron chi connectivity index (χ1n) is 11.9. The van der Waals surface area contributed by atoms with Crippen molar-refractivity contribution in [1.29, 1.82) is 0 Å². The van der Waals surface area contributed by atoms with Gasteiger partial charge >= 0.3 is 5.97 Å². The molecular weight excluding hydrogens is 388 g/mol. The predicted molar refractivity (Wildman–Crippen MR) is 130 cm³/mol. The third-order valence-corrected chi connectivity index (χ3v) is 11.7. The lowest BCUT2D eigenvalue weighted by atomic mass is 9.45. The van der Waals surface area contributed by atoms with Crippen molar-refractivity contribution in [3.63, 3.8) is 0 Å². The van der Waals surface area contributed by atoms with E-state index in [9.17, 15) is 4.79 Å². The number of hydrogen-bond donors (Lipinski definition) is 0. The van der Waals surface area contributed by atoms with Crippen molar-refractivity contribution in [2.24, 2.45) is 29.1 Å². The maximum atomic E-state index is 12.7. The van der Waals surface area contributed by atoms with Gasteiger partial charge in [0.2, 0.25) is 0 Å². The zero-order chi connectivity index (χ0) is 21.9. The van der Waals surface area contributed by atoms with Gasteiger partial charge in [0, 0.05) is 5.92 Å². The molecule has 4 unspecified atom stereocenters. The number of carbonyl (C=O) groups is 1. The Hall–Kier alpha value is -1.22. The fourth-order valence-corrected chi connectivity index (χ4v) is 9.10. The van der Waals surface area contributed by atoms with E-state index in [1.165, 1.54) is 17.7 Å². The quantitative estimate of drug-likeness (QED) is 0.368. The number of carbonyl (C=O) groups excluding carboxylic acids is 1. The van der Waals surface area contributed by atoms with E-state index >= 15 is 0 Å². The number of rotatable bonds is 5. The summed E-state index contributed by atoms with van der Waals surface area (Å²) in [6.07, 6.45) is 14.9. The Morgan fingerprint density at radius 1 is 1.13 bits per heavy atom. The van der Waals surface area contributed by atoms with E-state index in [1.54, 1.807) is 0 Å². The molecule has 2 bridgehead atoms. The van der Waals surface area contributed by atoms with Crippen LogP contribution in [-0.2, 0) is 9.53 Å². The van der Waals surface area contributed by atoms with Crippen LogP contribution in [0.15, 0.2) is 47.4 Å². The maximum absolute atomic E-state index is 12.7. The van der Waals surface area contributed by atoms with Crippen molar-refractivity contribution < 1.29 is 9.53 Å². The maximum Gasteiger partial charge on any atom is 0.312 e. The first-order valence-corrected chi connectivity index (χ1v) is 14.4. The molecule has 1 aromatic carbocycles. The third-order valence-electron chi connectivity index (χ3n) is 8.14. The Morgan fingerprint density at radius 2 is 1.83 bits per heavy atom. The van der Waals surface area contributed by atoms with Crippen molar-refractivity contribution in [2.75, 3.05) is 19.1 Å². The van der Waals surface area contributed by atoms with Gasteiger partial charge in [0.25, 0.3) is 0 Å². The molecule has 3 fully saturated rings. The van der Waals surface area contributed by atoms with Gasteiger partial charge in [-0.25, -0.2) is 10.0 Å². The van der Waals surface area contributed by atoms with Crippen molar-refractivity contribution in [3.05, 3.63) is 42.5 Å². The van der Waals surface area contributed by atoms with Crippen molar-refractivity contribution >= 4 is 16.0 Å². The van der Waals surface area contributed by atoms with E-state index in [-0.39, 0.29) is 11.9 Å². The van der Waals surface area contributed by atoms with Crippen LogP contribution >= 0.6 is 10.0 Å². The summed E-state index contributed by atoms with van der Waals surface area (Å²) in [7, 11) is -0.942. The Bertz CT molecular complexity index is 736. The van der Waals surface area contributed by atoms with E-state index in [0.29, 0.717) is 29.1 Å². The highest BCUT2D eigenvalue weighted by molar-refractivity contribution is 8.33. The molecule has 5 rings (SSSR count). The van der Waals surface area contributed by atoms with Crippen LogP contribution in [-0.4, -0.2) is 30.3 Å². The van der Waals surface area contributed by atoms with Crippen LogP contribution in [0.4, 0.5) is 0 Å². The van der Waals surface area contributed by atoms with Crippen LogP contribution in [0.1, 0.15) is 59.8 Å². The molecule has 0 N–H and O–H groups in total. The molecule has 0 aromatic heterocycles.